The van der Waals surface area contributed by atoms with Gasteiger partial charge >= 0.3 is 6.09 Å². The van der Waals surface area contributed by atoms with Crippen LogP contribution in [0.2, 0.25) is 0 Å². The molecule has 2 N–H and O–H groups in total. The molecule has 104 valence electrons. The molecule has 0 aliphatic carbocycles. The van der Waals surface area contributed by atoms with E-state index in [1.165, 1.54) is 0 Å². The van der Waals surface area contributed by atoms with E-state index < -0.39 is 12.1 Å². The maximum Gasteiger partial charge on any atom is 0.408 e. The molecule has 0 saturated heterocycles. The lowest BCUT2D eigenvalue weighted by atomic mass is 10.2. The summed E-state index contributed by atoms with van der Waals surface area (Å²) in [5.41, 5.74) is 0.903. The Kier molecular flexibility index (Phi) is 6.43. The summed E-state index contributed by atoms with van der Waals surface area (Å²) in [6.45, 7) is 4.38. The number of carbonyl (C=O) groups excluding carboxylic acids is 2. The standard InChI is InChI=1S/C14H20N2O3/c1-3-9-15-13(17)11(2)16-14(18)19-10-12-7-5-4-6-8-12/h4-8,11H,3,9-10H2,1-2H3,(H,15,17)(H,16,18)/t11-/m1/s1. The number of hydrogen-bond acceptors (Lipinski definition) is 3. The Morgan fingerprint density at radius 3 is 2.58 bits per heavy atom. The summed E-state index contributed by atoms with van der Waals surface area (Å²) < 4.78 is 5.02. The summed E-state index contributed by atoms with van der Waals surface area (Å²) in [7, 11) is 0. The normalized spacial score (nSPS) is 11.5. The van der Waals surface area contributed by atoms with E-state index in [9.17, 15) is 9.59 Å². The molecule has 0 radical (unpaired) electrons. The van der Waals surface area contributed by atoms with Crippen molar-refractivity contribution in [3.8, 4) is 0 Å². The molecule has 5 nitrogen and oxygen atoms in total. The van der Waals surface area contributed by atoms with Crippen molar-refractivity contribution in [3.05, 3.63) is 35.9 Å². The lowest BCUT2D eigenvalue weighted by molar-refractivity contribution is -0.122. The van der Waals surface area contributed by atoms with Crippen LogP contribution in [-0.4, -0.2) is 24.6 Å². The molecule has 1 rings (SSSR count). The summed E-state index contributed by atoms with van der Waals surface area (Å²) in [4.78, 5) is 23.0. The van der Waals surface area contributed by atoms with Crippen molar-refractivity contribution in [2.45, 2.75) is 32.9 Å². The molecule has 0 fully saturated rings. The summed E-state index contributed by atoms with van der Waals surface area (Å²) in [5, 5.41) is 5.19. The van der Waals surface area contributed by atoms with Crippen LogP contribution in [-0.2, 0) is 16.1 Å². The molecule has 2 amide bonds. The number of alkyl carbamates (subject to hydrolysis) is 1. The van der Waals surface area contributed by atoms with E-state index in [2.05, 4.69) is 10.6 Å². The molecule has 19 heavy (non-hydrogen) atoms. The summed E-state index contributed by atoms with van der Waals surface area (Å²) >= 11 is 0. The Bertz CT molecular complexity index is 406. The zero-order chi connectivity index (χ0) is 14.1. The van der Waals surface area contributed by atoms with Crippen molar-refractivity contribution in [3.63, 3.8) is 0 Å². The highest BCUT2D eigenvalue weighted by atomic mass is 16.5. The van der Waals surface area contributed by atoms with Crippen molar-refractivity contribution >= 4 is 12.0 Å². The van der Waals surface area contributed by atoms with E-state index in [-0.39, 0.29) is 12.5 Å². The number of benzene rings is 1. The zero-order valence-electron chi connectivity index (χ0n) is 11.3. The van der Waals surface area contributed by atoms with Crippen LogP contribution in [0.3, 0.4) is 0 Å². The maximum atomic E-state index is 11.5. The first-order valence-electron chi connectivity index (χ1n) is 6.38. The van der Waals surface area contributed by atoms with Crippen molar-refractivity contribution in [1.82, 2.24) is 10.6 Å². The third-order valence-electron chi connectivity index (χ3n) is 2.49. The van der Waals surface area contributed by atoms with Crippen LogP contribution in [0.4, 0.5) is 4.79 Å². The van der Waals surface area contributed by atoms with Crippen molar-refractivity contribution < 1.29 is 14.3 Å². The monoisotopic (exact) mass is 264 g/mol. The topological polar surface area (TPSA) is 67.4 Å². The molecule has 0 spiro atoms. The van der Waals surface area contributed by atoms with Gasteiger partial charge in [-0.15, -0.1) is 0 Å². The fourth-order valence-corrected chi connectivity index (χ4v) is 1.41. The predicted molar refractivity (Wildman–Crippen MR) is 72.5 cm³/mol. The number of ether oxygens (including phenoxy) is 1. The molecule has 0 bridgehead atoms. The summed E-state index contributed by atoms with van der Waals surface area (Å²) in [6.07, 6.45) is 0.264. The molecule has 1 aromatic rings. The predicted octanol–water partition coefficient (Wildman–Crippen LogP) is 1.83. The van der Waals surface area contributed by atoms with Gasteiger partial charge in [-0.2, -0.15) is 0 Å². The van der Waals surface area contributed by atoms with E-state index in [1.807, 2.05) is 37.3 Å². The molecular weight excluding hydrogens is 244 g/mol. The number of nitrogens with one attached hydrogen (secondary N) is 2. The quantitative estimate of drug-likeness (QED) is 0.823. The van der Waals surface area contributed by atoms with Crippen molar-refractivity contribution in [1.29, 1.82) is 0 Å². The van der Waals surface area contributed by atoms with Gasteiger partial charge in [0.1, 0.15) is 12.6 Å². The Hall–Kier alpha value is -2.04. The van der Waals surface area contributed by atoms with Gasteiger partial charge in [-0.3, -0.25) is 4.79 Å². The minimum Gasteiger partial charge on any atom is -0.445 e. The third-order valence-corrected chi connectivity index (χ3v) is 2.49. The van der Waals surface area contributed by atoms with Crippen LogP contribution in [0.25, 0.3) is 0 Å². The van der Waals surface area contributed by atoms with Gasteiger partial charge in [-0.25, -0.2) is 4.79 Å². The highest BCUT2D eigenvalue weighted by molar-refractivity contribution is 5.85. The number of hydrogen-bond donors (Lipinski definition) is 2. The molecule has 0 aromatic heterocycles. The minimum atomic E-state index is -0.602. The van der Waals surface area contributed by atoms with E-state index in [1.54, 1.807) is 6.92 Å². The second-order valence-electron chi connectivity index (χ2n) is 4.22. The maximum absolute atomic E-state index is 11.5. The fourth-order valence-electron chi connectivity index (χ4n) is 1.41. The SMILES string of the molecule is CCCNC(=O)[C@@H](C)NC(=O)OCc1ccccc1. The Morgan fingerprint density at radius 1 is 1.26 bits per heavy atom. The van der Waals surface area contributed by atoms with E-state index in [0.717, 1.165) is 12.0 Å². The first-order chi connectivity index (χ1) is 9.13. The summed E-state index contributed by atoms with van der Waals surface area (Å²) in [6, 6.07) is 8.77. The Labute approximate surface area is 113 Å². The van der Waals surface area contributed by atoms with E-state index in [4.69, 9.17) is 4.74 Å². The zero-order valence-corrected chi connectivity index (χ0v) is 11.3. The molecule has 0 saturated carbocycles. The van der Waals surface area contributed by atoms with Gasteiger partial charge in [0.2, 0.25) is 5.91 Å². The Balaban J connectivity index is 2.29. The third kappa shape index (κ3) is 5.90. The molecule has 1 atom stereocenters. The molecule has 0 heterocycles. The molecular formula is C14H20N2O3. The van der Waals surface area contributed by atoms with E-state index in [0.29, 0.717) is 6.54 Å². The molecule has 5 heteroatoms. The number of rotatable bonds is 6. The number of carbonyl (C=O) groups is 2. The van der Waals surface area contributed by atoms with Crippen molar-refractivity contribution in [2.24, 2.45) is 0 Å². The van der Waals surface area contributed by atoms with Crippen LogP contribution in [0.1, 0.15) is 25.8 Å². The highest BCUT2D eigenvalue weighted by Gasteiger charge is 2.15. The van der Waals surface area contributed by atoms with Crippen LogP contribution in [0.5, 0.6) is 0 Å². The first kappa shape index (κ1) is 15.0. The molecule has 1 aromatic carbocycles. The van der Waals surface area contributed by atoms with Gasteiger partial charge in [-0.1, -0.05) is 37.3 Å². The fraction of sp³-hybridized carbons (Fsp3) is 0.429. The van der Waals surface area contributed by atoms with Crippen LogP contribution in [0.15, 0.2) is 30.3 Å². The molecule has 0 aliphatic rings. The number of amides is 2. The lowest BCUT2D eigenvalue weighted by Crippen LogP contribution is -2.45. The van der Waals surface area contributed by atoms with Gasteiger partial charge in [0.15, 0.2) is 0 Å². The van der Waals surface area contributed by atoms with Gasteiger partial charge in [0.05, 0.1) is 0 Å². The first-order valence-corrected chi connectivity index (χ1v) is 6.38. The largest absolute Gasteiger partial charge is 0.445 e. The Morgan fingerprint density at radius 2 is 1.95 bits per heavy atom. The van der Waals surface area contributed by atoms with Crippen LogP contribution < -0.4 is 10.6 Å². The minimum absolute atomic E-state index is 0.190. The second kappa shape index (κ2) is 8.13. The molecule has 0 aliphatic heterocycles. The highest BCUT2D eigenvalue weighted by Crippen LogP contribution is 2.00. The van der Waals surface area contributed by atoms with E-state index >= 15 is 0 Å². The second-order valence-corrected chi connectivity index (χ2v) is 4.22. The lowest BCUT2D eigenvalue weighted by Gasteiger charge is -2.13. The smallest absolute Gasteiger partial charge is 0.408 e. The van der Waals surface area contributed by atoms with Crippen LogP contribution >= 0.6 is 0 Å². The van der Waals surface area contributed by atoms with Gasteiger partial charge in [0.25, 0.3) is 0 Å². The van der Waals surface area contributed by atoms with Gasteiger partial charge in [0, 0.05) is 6.54 Å². The summed E-state index contributed by atoms with van der Waals surface area (Å²) in [5.74, 6) is -0.210. The van der Waals surface area contributed by atoms with Gasteiger partial charge < -0.3 is 15.4 Å². The van der Waals surface area contributed by atoms with Gasteiger partial charge in [-0.05, 0) is 18.9 Å². The molecule has 0 unspecified atom stereocenters. The van der Waals surface area contributed by atoms with Crippen LogP contribution in [0, 0.1) is 0 Å². The average molecular weight is 264 g/mol. The average Bonchev–Trinajstić information content (AvgIpc) is 2.43. The van der Waals surface area contributed by atoms with Crippen molar-refractivity contribution in [2.75, 3.05) is 6.54 Å².